The van der Waals surface area contributed by atoms with E-state index in [2.05, 4.69) is 9.97 Å². The smallest absolute Gasteiger partial charge is 0.416 e. The van der Waals surface area contributed by atoms with Crippen LogP contribution in [0.1, 0.15) is 61.3 Å². The normalized spacial score (nSPS) is 21.0. The summed E-state index contributed by atoms with van der Waals surface area (Å²) in [5.74, 6) is -1.86. The van der Waals surface area contributed by atoms with Crippen molar-refractivity contribution in [1.29, 1.82) is 0 Å². The third-order valence-corrected chi connectivity index (χ3v) is 9.20. The number of anilines is 3. The van der Waals surface area contributed by atoms with E-state index in [1.54, 1.807) is 52.2 Å². The van der Waals surface area contributed by atoms with Gasteiger partial charge in [-0.15, -0.1) is 0 Å². The lowest BCUT2D eigenvalue weighted by atomic mass is 9.95. The van der Waals surface area contributed by atoms with E-state index in [1.807, 2.05) is 11.0 Å². The molecule has 1 fully saturated rings. The van der Waals surface area contributed by atoms with Crippen LogP contribution in [0.25, 0.3) is 0 Å². The Balaban J connectivity index is 1.36. The van der Waals surface area contributed by atoms with Gasteiger partial charge in [-0.25, -0.2) is 9.78 Å². The molecule has 3 aliphatic rings. The average molecular weight is 701 g/mol. The van der Waals surface area contributed by atoms with Crippen molar-refractivity contribution in [2.45, 2.75) is 71.1 Å². The first-order valence-electron chi connectivity index (χ1n) is 15.7. The van der Waals surface area contributed by atoms with Gasteiger partial charge in [0.2, 0.25) is 11.8 Å². The number of fused-ring (bicyclic) bond motifs is 3. The number of amides is 3. The molecule has 11 nitrogen and oxygen atoms in total. The van der Waals surface area contributed by atoms with E-state index in [0.29, 0.717) is 22.1 Å². The zero-order valence-corrected chi connectivity index (χ0v) is 28.3. The number of para-hydroxylation sites is 1. The zero-order valence-electron chi connectivity index (χ0n) is 27.6. The Morgan fingerprint density at radius 2 is 1.88 bits per heavy atom. The van der Waals surface area contributed by atoms with Gasteiger partial charge in [-0.1, -0.05) is 17.7 Å². The molecule has 0 unspecified atom stereocenters. The number of nitrogens with zero attached hydrogens (tertiary/aromatic N) is 6. The maximum atomic E-state index is 14.1. The molecule has 1 aromatic carbocycles. The number of hydrogen-bond donors (Lipinski definition) is 1. The number of aromatic nitrogens is 2. The van der Waals surface area contributed by atoms with Crippen molar-refractivity contribution in [3.8, 4) is 0 Å². The van der Waals surface area contributed by atoms with E-state index < -0.39 is 53.2 Å². The molecule has 0 aliphatic carbocycles. The molecule has 49 heavy (non-hydrogen) atoms. The molecular weight excluding hydrogens is 665 g/mol. The Morgan fingerprint density at radius 3 is 2.55 bits per heavy atom. The number of carbonyl (C=O) groups excluding carboxylic acids is 3. The van der Waals surface area contributed by atoms with Crippen molar-refractivity contribution >= 4 is 46.7 Å². The highest BCUT2D eigenvalue weighted by Crippen LogP contribution is 2.44. The summed E-state index contributed by atoms with van der Waals surface area (Å²) in [4.78, 5) is 55.4. The molecule has 5 heterocycles. The molecule has 0 radical (unpaired) electrons. The monoisotopic (exact) mass is 700 g/mol. The quantitative estimate of drug-likeness (QED) is 0.371. The van der Waals surface area contributed by atoms with Gasteiger partial charge in [0.05, 0.1) is 40.8 Å². The molecule has 2 aromatic heterocycles. The second-order valence-corrected chi connectivity index (χ2v) is 14.0. The molecule has 1 saturated heterocycles. The van der Waals surface area contributed by atoms with Gasteiger partial charge in [0, 0.05) is 44.4 Å². The Kier molecular flexibility index (Phi) is 8.76. The van der Waals surface area contributed by atoms with Crippen LogP contribution in [0, 0.1) is 12.8 Å². The summed E-state index contributed by atoms with van der Waals surface area (Å²) < 4.78 is 46.9. The first-order valence-corrected chi connectivity index (χ1v) is 16.1. The van der Waals surface area contributed by atoms with Crippen LogP contribution in [-0.2, 0) is 33.6 Å². The molecule has 0 spiro atoms. The van der Waals surface area contributed by atoms with Gasteiger partial charge in [-0.2, -0.15) is 13.2 Å². The minimum Gasteiger partial charge on any atom is -0.444 e. The summed E-state index contributed by atoms with van der Waals surface area (Å²) in [6.45, 7) is 6.89. The number of rotatable bonds is 4. The van der Waals surface area contributed by atoms with Crippen molar-refractivity contribution in [2.75, 3.05) is 34.9 Å². The molecule has 3 amide bonds. The average Bonchev–Trinajstić information content (AvgIpc) is 3.54. The molecule has 0 saturated carbocycles. The summed E-state index contributed by atoms with van der Waals surface area (Å²) in [5, 5.41) is 10.5. The number of carbonyl (C=O) groups is 3. The maximum Gasteiger partial charge on any atom is 0.416 e. The standard InChI is InChI=1S/C34H36ClF3N6O5/c1-18-9-22(34(36,37)38)12-26(40-18)44-27(46)11-21-15-42(30-23(35)7-6-8-24(30)41(5)31(47)29(21)44)14-19-10-20-16-43(32(48)49-33(2,3)4)25(17-45)28(20)39-13-19/h6-10,12-13,21,25,29,45H,11,14-17H2,1-5H3/t21-,25+,29+/m1/s1. The number of aryl methyl sites for hydroxylation is 1. The molecule has 0 bridgehead atoms. The van der Waals surface area contributed by atoms with E-state index >= 15 is 0 Å². The summed E-state index contributed by atoms with van der Waals surface area (Å²) >= 11 is 6.78. The van der Waals surface area contributed by atoms with Crippen molar-refractivity contribution in [3.05, 3.63) is 75.7 Å². The fourth-order valence-electron chi connectivity index (χ4n) is 6.85. The van der Waals surface area contributed by atoms with E-state index in [1.165, 1.54) is 16.7 Å². The zero-order chi connectivity index (χ0) is 35.6. The van der Waals surface area contributed by atoms with E-state index in [4.69, 9.17) is 16.3 Å². The fourth-order valence-corrected chi connectivity index (χ4v) is 7.14. The number of alkyl halides is 3. The molecule has 3 aromatic rings. The highest BCUT2D eigenvalue weighted by atomic mass is 35.5. The third-order valence-electron chi connectivity index (χ3n) is 8.89. The number of halogens is 4. The number of aliphatic hydroxyl groups is 1. The summed E-state index contributed by atoms with van der Waals surface area (Å²) in [7, 11) is 1.54. The maximum absolute atomic E-state index is 14.1. The number of likely N-dealkylation sites (N-methyl/N-ethyl adjacent to an activating group) is 1. The SMILES string of the molecule is Cc1cc(C(F)(F)F)cc(N2C(=O)C[C@@H]3CN(Cc4cnc5c(c4)CN(C(=O)OC(C)(C)C)[C@H]5CO)c4c(Cl)cccc4N(C)C(=O)[C@H]32)n1. The number of aliphatic hydroxyl groups excluding tert-OH is 1. The lowest BCUT2D eigenvalue weighted by Crippen LogP contribution is -2.52. The van der Waals surface area contributed by atoms with E-state index in [9.17, 15) is 32.7 Å². The minimum absolute atomic E-state index is 0.0595. The summed E-state index contributed by atoms with van der Waals surface area (Å²) in [6.07, 6.45) is -3.72. The van der Waals surface area contributed by atoms with Gasteiger partial charge in [-0.3, -0.25) is 24.4 Å². The fraction of sp³-hybridized carbons (Fsp3) is 0.441. The van der Waals surface area contributed by atoms with E-state index in [-0.39, 0.29) is 44.2 Å². The lowest BCUT2D eigenvalue weighted by Gasteiger charge is -2.39. The highest BCUT2D eigenvalue weighted by Gasteiger charge is 2.49. The molecule has 6 rings (SSSR count). The summed E-state index contributed by atoms with van der Waals surface area (Å²) in [6, 6.07) is 6.87. The van der Waals surface area contributed by atoms with Crippen molar-refractivity contribution in [3.63, 3.8) is 0 Å². The Morgan fingerprint density at radius 1 is 1.14 bits per heavy atom. The van der Waals surface area contributed by atoms with Gasteiger partial charge in [-0.05, 0) is 69.2 Å². The lowest BCUT2D eigenvalue weighted by molar-refractivity contribution is -0.137. The van der Waals surface area contributed by atoms with Crippen molar-refractivity contribution in [2.24, 2.45) is 5.92 Å². The van der Waals surface area contributed by atoms with Gasteiger partial charge in [0.25, 0.3) is 0 Å². The van der Waals surface area contributed by atoms with Gasteiger partial charge in [0.15, 0.2) is 0 Å². The number of ether oxygens (including phenoxy) is 1. The van der Waals surface area contributed by atoms with Crippen LogP contribution in [0.15, 0.2) is 42.6 Å². The highest BCUT2D eigenvalue weighted by molar-refractivity contribution is 6.34. The van der Waals surface area contributed by atoms with Gasteiger partial charge >= 0.3 is 12.3 Å². The molecule has 260 valence electrons. The van der Waals surface area contributed by atoms with Crippen LogP contribution in [0.3, 0.4) is 0 Å². The van der Waals surface area contributed by atoms with Crippen molar-refractivity contribution in [1.82, 2.24) is 14.9 Å². The first kappa shape index (κ1) is 34.4. The number of pyridine rings is 2. The van der Waals surface area contributed by atoms with Crippen LogP contribution in [0.2, 0.25) is 5.02 Å². The molecule has 1 N–H and O–H groups in total. The van der Waals surface area contributed by atoms with Crippen LogP contribution >= 0.6 is 11.6 Å². The first-order chi connectivity index (χ1) is 23.0. The third kappa shape index (κ3) is 6.51. The Hall–Kier alpha value is -4.43. The topological polar surface area (TPSA) is 119 Å². The predicted molar refractivity (Wildman–Crippen MR) is 175 cm³/mol. The Bertz CT molecular complexity index is 1830. The molecule has 3 aliphatic heterocycles. The van der Waals surface area contributed by atoms with Gasteiger partial charge < -0.3 is 19.6 Å². The van der Waals surface area contributed by atoms with Gasteiger partial charge in [0.1, 0.15) is 23.5 Å². The van der Waals surface area contributed by atoms with Crippen molar-refractivity contribution < 1.29 is 37.4 Å². The number of benzene rings is 1. The molecular formula is C34H36ClF3N6O5. The van der Waals surface area contributed by atoms with Crippen LogP contribution in [0.5, 0.6) is 0 Å². The predicted octanol–water partition coefficient (Wildman–Crippen LogP) is 5.65. The summed E-state index contributed by atoms with van der Waals surface area (Å²) in [5.41, 5.74) is 1.37. The second-order valence-electron chi connectivity index (χ2n) is 13.6. The van der Waals surface area contributed by atoms with Crippen LogP contribution < -0.4 is 14.7 Å². The largest absolute Gasteiger partial charge is 0.444 e. The van der Waals surface area contributed by atoms with Crippen LogP contribution in [0.4, 0.5) is 35.2 Å². The second kappa shape index (κ2) is 12.5. The molecule has 15 heteroatoms. The minimum atomic E-state index is -4.68. The van der Waals surface area contributed by atoms with E-state index in [0.717, 1.165) is 28.2 Å². The molecule has 3 atom stereocenters. The number of hydrogen-bond acceptors (Lipinski definition) is 8. The Labute approximate surface area is 286 Å². The van der Waals surface area contributed by atoms with Crippen LogP contribution in [-0.4, -0.2) is 69.7 Å².